The molecule has 1 unspecified atom stereocenters. The predicted molar refractivity (Wildman–Crippen MR) is 61.9 cm³/mol. The monoisotopic (exact) mass is 311 g/mol. The van der Waals surface area contributed by atoms with Crippen molar-refractivity contribution in [3.05, 3.63) is 29.6 Å². The van der Waals surface area contributed by atoms with Crippen LogP contribution in [0.15, 0.2) is 17.0 Å². The van der Waals surface area contributed by atoms with Crippen LogP contribution in [0.5, 0.6) is 0 Å². The maximum absolute atomic E-state index is 13.6. The maximum Gasteiger partial charge on any atom is 0.246 e. The second-order valence-electron chi connectivity index (χ2n) is 4.20. The average Bonchev–Trinajstić information content (AvgIpc) is 2.44. The lowest BCUT2D eigenvalue weighted by Gasteiger charge is -2.33. The summed E-state index contributed by atoms with van der Waals surface area (Å²) in [6.07, 6.45) is 0. The summed E-state index contributed by atoms with van der Waals surface area (Å²) in [6, 6.07) is 0.313. The van der Waals surface area contributed by atoms with Crippen LogP contribution in [0.25, 0.3) is 0 Å². The molecule has 1 saturated heterocycles. The van der Waals surface area contributed by atoms with Gasteiger partial charge in [-0.1, -0.05) is 0 Å². The molecule has 1 N–H and O–H groups in total. The number of halogens is 3. The number of ether oxygens (including phenoxy) is 1. The second-order valence-corrected chi connectivity index (χ2v) is 6.06. The van der Waals surface area contributed by atoms with Gasteiger partial charge in [0.15, 0.2) is 17.5 Å². The lowest BCUT2D eigenvalue weighted by atomic mass is 10.3. The zero-order chi connectivity index (χ0) is 14.9. The maximum atomic E-state index is 13.6. The summed E-state index contributed by atoms with van der Waals surface area (Å²) < 4.78 is 70.0. The smallest absolute Gasteiger partial charge is 0.246 e. The van der Waals surface area contributed by atoms with Crippen LogP contribution >= 0.6 is 0 Å². The van der Waals surface area contributed by atoms with Crippen LogP contribution in [-0.2, 0) is 14.8 Å². The van der Waals surface area contributed by atoms with Gasteiger partial charge in [-0.3, -0.25) is 0 Å². The van der Waals surface area contributed by atoms with Crippen molar-refractivity contribution in [1.82, 2.24) is 4.31 Å². The summed E-state index contributed by atoms with van der Waals surface area (Å²) in [7, 11) is -4.38. The third-order valence-electron chi connectivity index (χ3n) is 2.97. The van der Waals surface area contributed by atoms with Gasteiger partial charge in [0.1, 0.15) is 4.90 Å². The third-order valence-corrected chi connectivity index (χ3v) is 4.94. The summed E-state index contributed by atoms with van der Waals surface area (Å²) in [4.78, 5) is -0.961. The largest absolute Gasteiger partial charge is 0.395 e. The number of hydrogen-bond donors (Lipinski definition) is 1. The minimum atomic E-state index is -4.38. The number of nitrogens with zero attached hydrogens (tertiary/aromatic N) is 1. The van der Waals surface area contributed by atoms with E-state index in [2.05, 4.69) is 0 Å². The van der Waals surface area contributed by atoms with E-state index >= 15 is 0 Å². The van der Waals surface area contributed by atoms with Gasteiger partial charge in [0.25, 0.3) is 0 Å². The van der Waals surface area contributed by atoms with Gasteiger partial charge in [-0.15, -0.1) is 0 Å². The fourth-order valence-electron chi connectivity index (χ4n) is 1.93. The summed E-state index contributed by atoms with van der Waals surface area (Å²) in [6.45, 7) is -0.613. The van der Waals surface area contributed by atoms with E-state index in [4.69, 9.17) is 9.84 Å². The highest BCUT2D eigenvalue weighted by molar-refractivity contribution is 7.89. The Morgan fingerprint density at radius 1 is 1.30 bits per heavy atom. The Bertz CT molecular complexity index is 608. The molecule has 1 fully saturated rings. The molecule has 1 aromatic rings. The predicted octanol–water partition coefficient (Wildman–Crippen LogP) is 0.486. The molecule has 1 aliphatic rings. The van der Waals surface area contributed by atoms with Crippen LogP contribution in [0, 0.1) is 17.5 Å². The molecule has 1 aromatic carbocycles. The van der Waals surface area contributed by atoms with Crippen LogP contribution in [0.2, 0.25) is 0 Å². The van der Waals surface area contributed by atoms with Crippen LogP contribution in [0.4, 0.5) is 13.2 Å². The first-order valence-corrected chi connectivity index (χ1v) is 7.17. The standard InChI is InChI=1S/C11H12F3NO4S/c12-8-1-2-9(11(14)10(8)13)20(17,18)15-3-4-19-6-7(15)5-16/h1-2,7,16H,3-6H2. The minimum absolute atomic E-state index is 0.0545. The van der Waals surface area contributed by atoms with Gasteiger partial charge in [-0.25, -0.2) is 21.6 Å². The van der Waals surface area contributed by atoms with Gasteiger partial charge >= 0.3 is 0 Å². The van der Waals surface area contributed by atoms with Crippen molar-refractivity contribution in [1.29, 1.82) is 0 Å². The Labute approximate surface area is 113 Å². The molecule has 2 rings (SSSR count). The molecule has 112 valence electrons. The number of aliphatic hydroxyl groups is 1. The molecule has 0 amide bonds. The lowest BCUT2D eigenvalue weighted by molar-refractivity contribution is 0.0108. The number of morpholine rings is 1. The van der Waals surface area contributed by atoms with Crippen LogP contribution < -0.4 is 0 Å². The van der Waals surface area contributed by atoms with Gasteiger partial charge in [-0.05, 0) is 12.1 Å². The van der Waals surface area contributed by atoms with E-state index < -0.39 is 45.0 Å². The molecule has 5 nitrogen and oxygen atoms in total. The first-order valence-electron chi connectivity index (χ1n) is 5.73. The van der Waals surface area contributed by atoms with Gasteiger partial charge in [-0.2, -0.15) is 4.31 Å². The molecule has 20 heavy (non-hydrogen) atoms. The van der Waals surface area contributed by atoms with Crippen molar-refractivity contribution >= 4 is 10.0 Å². The van der Waals surface area contributed by atoms with E-state index in [1.807, 2.05) is 0 Å². The molecular weight excluding hydrogens is 299 g/mol. The van der Waals surface area contributed by atoms with Crippen molar-refractivity contribution in [3.8, 4) is 0 Å². The Kier molecular flexibility index (Phi) is 4.33. The fourth-order valence-corrected chi connectivity index (χ4v) is 3.58. The van der Waals surface area contributed by atoms with Gasteiger partial charge in [0.2, 0.25) is 10.0 Å². The van der Waals surface area contributed by atoms with Crippen molar-refractivity contribution in [2.45, 2.75) is 10.9 Å². The molecule has 9 heteroatoms. The van der Waals surface area contributed by atoms with E-state index in [9.17, 15) is 21.6 Å². The molecule has 1 atom stereocenters. The summed E-state index contributed by atoms with van der Waals surface area (Å²) in [5.41, 5.74) is 0. The Balaban J connectivity index is 2.47. The zero-order valence-corrected chi connectivity index (χ0v) is 11.0. The van der Waals surface area contributed by atoms with E-state index in [1.54, 1.807) is 0 Å². The van der Waals surface area contributed by atoms with E-state index in [0.29, 0.717) is 12.1 Å². The number of rotatable bonds is 3. The molecule has 0 spiro atoms. The highest BCUT2D eigenvalue weighted by atomic mass is 32.2. The van der Waals surface area contributed by atoms with Crippen molar-refractivity contribution in [2.75, 3.05) is 26.4 Å². The molecule has 0 bridgehead atoms. The molecule has 0 radical (unpaired) electrons. The topological polar surface area (TPSA) is 66.8 Å². The van der Waals surface area contributed by atoms with Gasteiger partial charge in [0, 0.05) is 6.54 Å². The third kappa shape index (κ3) is 2.53. The number of benzene rings is 1. The van der Waals surface area contributed by atoms with E-state index in [1.165, 1.54) is 0 Å². The number of aliphatic hydroxyl groups excluding tert-OH is 1. The van der Waals surface area contributed by atoms with Gasteiger partial charge in [0.05, 0.1) is 25.9 Å². The highest BCUT2D eigenvalue weighted by Crippen LogP contribution is 2.25. The molecule has 0 saturated carbocycles. The van der Waals surface area contributed by atoms with Crippen molar-refractivity contribution in [2.24, 2.45) is 0 Å². The second kappa shape index (κ2) is 5.68. The first kappa shape index (κ1) is 15.2. The number of hydrogen-bond acceptors (Lipinski definition) is 4. The fraction of sp³-hybridized carbons (Fsp3) is 0.455. The summed E-state index contributed by atoms with van der Waals surface area (Å²) in [5, 5.41) is 9.13. The molecule has 1 heterocycles. The Morgan fingerprint density at radius 3 is 2.65 bits per heavy atom. The zero-order valence-electron chi connectivity index (χ0n) is 10.2. The van der Waals surface area contributed by atoms with Crippen molar-refractivity contribution < 1.29 is 31.4 Å². The van der Waals surface area contributed by atoms with Gasteiger partial charge < -0.3 is 9.84 Å². The molecule has 0 aliphatic carbocycles. The highest BCUT2D eigenvalue weighted by Gasteiger charge is 2.36. The number of sulfonamides is 1. The van der Waals surface area contributed by atoms with Crippen LogP contribution in [-0.4, -0.2) is 50.2 Å². The van der Waals surface area contributed by atoms with E-state index in [-0.39, 0.29) is 19.8 Å². The van der Waals surface area contributed by atoms with Crippen LogP contribution in [0.3, 0.4) is 0 Å². The Morgan fingerprint density at radius 2 is 2.00 bits per heavy atom. The van der Waals surface area contributed by atoms with Crippen molar-refractivity contribution in [3.63, 3.8) is 0 Å². The Hall–Kier alpha value is -1.16. The lowest BCUT2D eigenvalue weighted by Crippen LogP contribution is -2.50. The van der Waals surface area contributed by atoms with E-state index in [0.717, 1.165) is 4.31 Å². The minimum Gasteiger partial charge on any atom is -0.395 e. The normalized spacial score (nSPS) is 21.1. The molecular formula is C11H12F3NO4S. The molecule has 1 aliphatic heterocycles. The average molecular weight is 311 g/mol. The quantitative estimate of drug-likeness (QED) is 0.825. The summed E-state index contributed by atoms with van der Waals surface area (Å²) >= 11 is 0. The first-order chi connectivity index (χ1) is 9.39. The molecule has 0 aromatic heterocycles. The van der Waals surface area contributed by atoms with Crippen LogP contribution in [0.1, 0.15) is 0 Å². The SMILES string of the molecule is O=S(=O)(c1ccc(F)c(F)c1F)N1CCOCC1CO. The summed E-state index contributed by atoms with van der Waals surface area (Å²) in [5.74, 6) is -5.09.